The third kappa shape index (κ3) is 3.79. The zero-order valence-corrected chi connectivity index (χ0v) is 14.3. The van der Waals surface area contributed by atoms with Crippen molar-refractivity contribution in [1.82, 2.24) is 9.78 Å². The Morgan fingerprint density at radius 2 is 2.00 bits per heavy atom. The van der Waals surface area contributed by atoms with Gasteiger partial charge in [-0.3, -0.25) is 4.79 Å². The van der Waals surface area contributed by atoms with Crippen molar-refractivity contribution in [2.24, 2.45) is 0 Å². The van der Waals surface area contributed by atoms with Crippen LogP contribution in [0.15, 0.2) is 36.5 Å². The van der Waals surface area contributed by atoms with E-state index in [4.69, 9.17) is 4.74 Å². The first-order valence-electron chi connectivity index (χ1n) is 7.44. The molecule has 0 aliphatic heterocycles. The van der Waals surface area contributed by atoms with Crippen molar-refractivity contribution in [1.29, 1.82) is 0 Å². The Hall–Kier alpha value is -1.57. The van der Waals surface area contributed by atoms with Crippen molar-refractivity contribution < 1.29 is 9.53 Å². The van der Waals surface area contributed by atoms with Gasteiger partial charge in [0.15, 0.2) is 6.61 Å². The van der Waals surface area contributed by atoms with E-state index in [1.807, 2.05) is 35.0 Å². The molecule has 1 aromatic heterocycles. The fourth-order valence-corrected chi connectivity index (χ4v) is 3.07. The van der Waals surface area contributed by atoms with E-state index in [0.29, 0.717) is 11.8 Å². The van der Waals surface area contributed by atoms with E-state index in [2.05, 4.69) is 33.0 Å². The summed E-state index contributed by atoms with van der Waals surface area (Å²) in [5, 5.41) is 7.22. The molecule has 0 atom stereocenters. The summed E-state index contributed by atoms with van der Waals surface area (Å²) in [5.74, 6) is 1.28. The zero-order valence-electron chi connectivity index (χ0n) is 12.2. The highest BCUT2D eigenvalue weighted by Crippen LogP contribution is 2.31. The van der Waals surface area contributed by atoms with Gasteiger partial charge in [0.2, 0.25) is 0 Å². The fraction of sp³-hybridized carbons (Fsp3) is 0.375. The van der Waals surface area contributed by atoms with Gasteiger partial charge < -0.3 is 10.1 Å². The molecule has 1 aliphatic carbocycles. The smallest absolute Gasteiger partial charge is 0.263 e. The molecule has 1 N–H and O–H groups in total. The van der Waals surface area contributed by atoms with E-state index >= 15 is 0 Å². The number of amides is 1. The van der Waals surface area contributed by atoms with Crippen LogP contribution < -0.4 is 10.1 Å². The highest BCUT2D eigenvalue weighted by atomic mass is 127. The van der Waals surface area contributed by atoms with Crippen LogP contribution >= 0.6 is 22.6 Å². The van der Waals surface area contributed by atoms with Gasteiger partial charge in [0.1, 0.15) is 11.6 Å². The molecule has 0 radical (unpaired) electrons. The number of ether oxygens (including phenoxy) is 1. The van der Waals surface area contributed by atoms with E-state index in [0.717, 1.165) is 22.2 Å². The molecule has 1 aromatic carbocycles. The van der Waals surface area contributed by atoms with Crippen LogP contribution in [0, 0.1) is 3.57 Å². The van der Waals surface area contributed by atoms with Crippen LogP contribution in [-0.2, 0) is 4.79 Å². The number of benzene rings is 1. The molecule has 1 fully saturated rings. The first kappa shape index (κ1) is 15.3. The Labute approximate surface area is 143 Å². The maximum absolute atomic E-state index is 12.0. The fourth-order valence-electron chi connectivity index (χ4n) is 2.71. The maximum atomic E-state index is 12.0. The molecule has 1 aliphatic rings. The number of halogens is 1. The summed E-state index contributed by atoms with van der Waals surface area (Å²) in [6.07, 6.45) is 6.45. The highest BCUT2D eigenvalue weighted by molar-refractivity contribution is 14.1. The number of aromatic nitrogens is 2. The van der Waals surface area contributed by atoms with Crippen LogP contribution in [0.5, 0.6) is 5.75 Å². The molecule has 3 rings (SSSR count). The second-order valence-corrected chi connectivity index (χ2v) is 6.64. The third-order valence-corrected chi connectivity index (χ3v) is 4.51. The van der Waals surface area contributed by atoms with E-state index in [-0.39, 0.29) is 12.5 Å². The third-order valence-electron chi connectivity index (χ3n) is 3.79. The average molecular weight is 411 g/mol. The first-order chi connectivity index (χ1) is 10.7. The maximum Gasteiger partial charge on any atom is 0.263 e. The molecule has 1 amide bonds. The lowest BCUT2D eigenvalue weighted by Gasteiger charge is -2.14. The molecule has 0 spiro atoms. The predicted molar refractivity (Wildman–Crippen MR) is 93.0 cm³/mol. The Balaban J connectivity index is 1.55. The topological polar surface area (TPSA) is 56.1 Å². The molecule has 5 nitrogen and oxygen atoms in total. The number of rotatable bonds is 5. The van der Waals surface area contributed by atoms with Crippen LogP contribution in [0.3, 0.4) is 0 Å². The number of hydrogen-bond donors (Lipinski definition) is 1. The quantitative estimate of drug-likeness (QED) is 0.765. The van der Waals surface area contributed by atoms with Gasteiger partial charge in [-0.05, 0) is 59.7 Å². The average Bonchev–Trinajstić information content (AvgIpc) is 3.17. The molecule has 116 valence electrons. The molecule has 22 heavy (non-hydrogen) atoms. The predicted octanol–water partition coefficient (Wildman–Crippen LogP) is 3.62. The van der Waals surface area contributed by atoms with Crippen molar-refractivity contribution in [2.75, 3.05) is 11.9 Å². The number of nitrogens with one attached hydrogen (secondary N) is 1. The van der Waals surface area contributed by atoms with Crippen molar-refractivity contribution in [3.63, 3.8) is 0 Å². The van der Waals surface area contributed by atoms with Crippen molar-refractivity contribution >= 4 is 34.3 Å². The molecule has 0 saturated heterocycles. The summed E-state index contributed by atoms with van der Waals surface area (Å²) in [5.41, 5.74) is 0. The Morgan fingerprint density at radius 3 is 2.73 bits per heavy atom. The molecule has 0 unspecified atom stereocenters. The summed E-state index contributed by atoms with van der Waals surface area (Å²) in [7, 11) is 0. The summed E-state index contributed by atoms with van der Waals surface area (Å²) in [6, 6.07) is 9.85. The summed E-state index contributed by atoms with van der Waals surface area (Å²) >= 11 is 2.23. The summed E-state index contributed by atoms with van der Waals surface area (Å²) < 4.78 is 8.55. The van der Waals surface area contributed by atoms with E-state index in [9.17, 15) is 4.79 Å². The van der Waals surface area contributed by atoms with Gasteiger partial charge in [0, 0.05) is 9.64 Å². The molecule has 1 heterocycles. The van der Waals surface area contributed by atoms with E-state index in [1.165, 1.54) is 12.8 Å². The van der Waals surface area contributed by atoms with Gasteiger partial charge in [-0.25, -0.2) is 4.68 Å². The largest absolute Gasteiger partial charge is 0.484 e. The normalized spacial score (nSPS) is 15.0. The molecule has 6 heteroatoms. The highest BCUT2D eigenvalue weighted by Gasteiger charge is 2.20. The van der Waals surface area contributed by atoms with Gasteiger partial charge in [-0.2, -0.15) is 5.10 Å². The molecule has 1 saturated carbocycles. The summed E-state index contributed by atoms with van der Waals surface area (Å²) in [4.78, 5) is 12.0. The molecular formula is C16H18IN3O2. The second-order valence-electron chi connectivity index (χ2n) is 5.39. The van der Waals surface area contributed by atoms with E-state index < -0.39 is 0 Å². The Kier molecular flexibility index (Phi) is 4.97. The second kappa shape index (κ2) is 7.13. The minimum absolute atomic E-state index is 0.00353. The Bertz CT molecular complexity index is 633. The number of anilines is 1. The minimum atomic E-state index is -0.168. The van der Waals surface area contributed by atoms with Gasteiger partial charge >= 0.3 is 0 Å². The molecule has 0 bridgehead atoms. The number of nitrogens with zero attached hydrogens (tertiary/aromatic N) is 2. The van der Waals surface area contributed by atoms with Crippen LogP contribution in [-0.4, -0.2) is 22.3 Å². The summed E-state index contributed by atoms with van der Waals surface area (Å²) in [6.45, 7) is -0.00353. The minimum Gasteiger partial charge on any atom is -0.484 e. The van der Waals surface area contributed by atoms with Crippen molar-refractivity contribution in [2.45, 2.75) is 31.7 Å². The molecular weight excluding hydrogens is 393 g/mol. The number of carbonyl (C=O) groups excluding carboxylic acids is 1. The zero-order chi connectivity index (χ0) is 15.4. The molecule has 2 aromatic rings. The standard InChI is InChI=1S/C16H18IN3O2/c17-12-5-7-14(8-6-12)22-11-16(21)19-15-9-10-18-20(15)13-3-1-2-4-13/h5-10,13H,1-4,11H2,(H,19,21). The first-order valence-corrected chi connectivity index (χ1v) is 8.52. The lowest BCUT2D eigenvalue weighted by molar-refractivity contribution is -0.118. The van der Waals surface area contributed by atoms with Crippen molar-refractivity contribution in [3.05, 3.63) is 40.1 Å². The number of carbonyl (C=O) groups is 1. The lowest BCUT2D eigenvalue weighted by Crippen LogP contribution is -2.23. The monoisotopic (exact) mass is 411 g/mol. The van der Waals surface area contributed by atoms with Gasteiger partial charge in [-0.1, -0.05) is 12.8 Å². The number of hydrogen-bond acceptors (Lipinski definition) is 3. The van der Waals surface area contributed by atoms with Crippen LogP contribution in [0.2, 0.25) is 0 Å². The van der Waals surface area contributed by atoms with Gasteiger partial charge in [0.05, 0.1) is 12.2 Å². The van der Waals surface area contributed by atoms with Crippen molar-refractivity contribution in [3.8, 4) is 5.75 Å². The SMILES string of the molecule is O=C(COc1ccc(I)cc1)Nc1ccnn1C1CCCC1. The Morgan fingerprint density at radius 1 is 1.27 bits per heavy atom. The van der Waals surface area contributed by atoms with Crippen LogP contribution in [0.4, 0.5) is 5.82 Å². The van der Waals surface area contributed by atoms with Crippen LogP contribution in [0.1, 0.15) is 31.7 Å². The van der Waals surface area contributed by atoms with E-state index in [1.54, 1.807) is 6.20 Å². The van der Waals surface area contributed by atoms with Crippen LogP contribution in [0.25, 0.3) is 0 Å². The lowest BCUT2D eigenvalue weighted by atomic mass is 10.2. The van der Waals surface area contributed by atoms with Gasteiger partial charge in [-0.15, -0.1) is 0 Å². The van der Waals surface area contributed by atoms with Gasteiger partial charge in [0.25, 0.3) is 5.91 Å².